The van der Waals surface area contributed by atoms with Crippen molar-refractivity contribution in [2.75, 3.05) is 23.9 Å². The van der Waals surface area contributed by atoms with E-state index in [1.54, 1.807) is 0 Å². The number of carbonyl (C=O) groups excluding carboxylic acids is 1. The van der Waals surface area contributed by atoms with Crippen molar-refractivity contribution in [1.29, 1.82) is 0 Å². The number of hydrogen-bond acceptors (Lipinski definition) is 6. The van der Waals surface area contributed by atoms with Crippen molar-refractivity contribution in [1.82, 2.24) is 0 Å². The molecule has 0 aliphatic heterocycles. The molecule has 0 atom stereocenters. The number of nitrogens with two attached hydrogens (primary N) is 1. The Morgan fingerprint density at radius 3 is 2.57 bits per heavy atom. The van der Waals surface area contributed by atoms with Crippen LogP contribution >= 0.6 is 11.8 Å². The van der Waals surface area contributed by atoms with Gasteiger partial charge in [0.1, 0.15) is 5.75 Å². The molecule has 4 N–H and O–H groups in total. The van der Waals surface area contributed by atoms with Gasteiger partial charge in [0.25, 0.3) is 0 Å². The van der Waals surface area contributed by atoms with Gasteiger partial charge >= 0.3 is 5.97 Å². The van der Waals surface area contributed by atoms with Gasteiger partial charge in [-0.05, 0) is 18.2 Å². The second kappa shape index (κ2) is 7.29. The van der Waals surface area contributed by atoms with Crippen molar-refractivity contribution in [3.05, 3.63) is 18.2 Å². The first-order chi connectivity index (χ1) is 9.74. The summed E-state index contributed by atoms with van der Waals surface area (Å²) in [6.07, 6.45) is 0. The SMILES string of the molecule is COc1ccc(S(N)(=O)=O)cc1NC(=O)CSCC(=O)O. The number of hydrogen-bond donors (Lipinski definition) is 3. The molecule has 0 saturated heterocycles. The van der Waals surface area contributed by atoms with E-state index in [1.807, 2.05) is 0 Å². The van der Waals surface area contributed by atoms with Crippen LogP contribution in [0.2, 0.25) is 0 Å². The molecule has 0 radical (unpaired) electrons. The molecule has 21 heavy (non-hydrogen) atoms. The van der Waals surface area contributed by atoms with Crippen LogP contribution in [0.15, 0.2) is 23.1 Å². The summed E-state index contributed by atoms with van der Waals surface area (Å²) < 4.78 is 27.6. The number of carboxylic acid groups (broad SMARTS) is 1. The van der Waals surface area contributed by atoms with E-state index in [0.29, 0.717) is 0 Å². The molecule has 0 heterocycles. The smallest absolute Gasteiger partial charge is 0.313 e. The van der Waals surface area contributed by atoms with Gasteiger partial charge in [-0.15, -0.1) is 11.8 Å². The maximum atomic E-state index is 11.7. The Balaban J connectivity index is 2.85. The van der Waals surface area contributed by atoms with E-state index in [-0.39, 0.29) is 27.8 Å². The summed E-state index contributed by atoms with van der Waals surface area (Å²) in [6, 6.07) is 3.79. The number of rotatable bonds is 7. The van der Waals surface area contributed by atoms with Gasteiger partial charge in [0.2, 0.25) is 15.9 Å². The standard InChI is InChI=1S/C11H14N2O6S2/c1-19-9-3-2-7(21(12,17)18)4-8(9)13-10(14)5-20-6-11(15)16/h2-4H,5-6H2,1H3,(H,13,14)(H,15,16)(H2,12,17,18). The molecule has 0 bridgehead atoms. The highest BCUT2D eigenvalue weighted by molar-refractivity contribution is 8.00. The molecular weight excluding hydrogens is 320 g/mol. The second-order valence-electron chi connectivity index (χ2n) is 3.84. The van der Waals surface area contributed by atoms with Gasteiger partial charge in [-0.3, -0.25) is 9.59 Å². The molecule has 8 nitrogen and oxygen atoms in total. The number of anilines is 1. The molecule has 1 aromatic rings. The summed E-state index contributed by atoms with van der Waals surface area (Å²) >= 11 is 0.917. The van der Waals surface area contributed by atoms with Gasteiger partial charge < -0.3 is 15.2 Å². The van der Waals surface area contributed by atoms with E-state index >= 15 is 0 Å². The molecule has 1 aromatic carbocycles. The van der Waals surface area contributed by atoms with E-state index in [2.05, 4.69) is 5.32 Å². The van der Waals surface area contributed by atoms with Crippen molar-refractivity contribution in [2.24, 2.45) is 5.14 Å². The summed E-state index contributed by atoms with van der Waals surface area (Å²) in [6.45, 7) is 0. The molecule has 0 aliphatic rings. The van der Waals surface area contributed by atoms with Crippen molar-refractivity contribution in [2.45, 2.75) is 4.90 Å². The average Bonchev–Trinajstić information content (AvgIpc) is 2.37. The molecule has 10 heteroatoms. The zero-order valence-electron chi connectivity index (χ0n) is 11.0. The molecule has 1 amide bonds. The van der Waals surface area contributed by atoms with Crippen LogP contribution in [0.1, 0.15) is 0 Å². The molecule has 0 fully saturated rings. The highest BCUT2D eigenvalue weighted by atomic mass is 32.2. The van der Waals surface area contributed by atoms with Gasteiger partial charge in [-0.2, -0.15) is 0 Å². The Kier molecular flexibility index (Phi) is 6.00. The summed E-state index contributed by atoms with van der Waals surface area (Å²) in [7, 11) is -2.54. The number of carbonyl (C=O) groups is 2. The average molecular weight is 334 g/mol. The third-order valence-electron chi connectivity index (χ3n) is 2.23. The molecule has 116 valence electrons. The highest BCUT2D eigenvalue weighted by Crippen LogP contribution is 2.27. The molecule has 0 aliphatic carbocycles. The zero-order valence-corrected chi connectivity index (χ0v) is 12.7. The van der Waals surface area contributed by atoms with Crippen LogP contribution < -0.4 is 15.2 Å². The Morgan fingerprint density at radius 2 is 2.05 bits per heavy atom. The predicted molar refractivity (Wildman–Crippen MR) is 78.0 cm³/mol. The number of ether oxygens (including phenoxy) is 1. The van der Waals surface area contributed by atoms with Gasteiger partial charge in [0.05, 0.1) is 29.2 Å². The predicted octanol–water partition coefficient (Wildman–Crippen LogP) is 0.0989. The van der Waals surface area contributed by atoms with Crippen molar-refractivity contribution < 1.29 is 27.9 Å². The number of aliphatic carboxylic acids is 1. The first-order valence-corrected chi connectivity index (χ1v) is 8.24. The van der Waals surface area contributed by atoms with Gasteiger partial charge in [0, 0.05) is 0 Å². The maximum absolute atomic E-state index is 11.7. The van der Waals surface area contributed by atoms with Gasteiger partial charge in [-0.25, -0.2) is 13.6 Å². The number of carboxylic acids is 1. The first-order valence-electron chi connectivity index (χ1n) is 5.54. The number of amides is 1. The Hall–Kier alpha value is -1.78. The molecule has 0 spiro atoms. The van der Waals surface area contributed by atoms with Crippen LogP contribution in [0, 0.1) is 0 Å². The van der Waals surface area contributed by atoms with Crippen LogP contribution in [0.5, 0.6) is 5.75 Å². The monoisotopic (exact) mass is 334 g/mol. The highest BCUT2D eigenvalue weighted by Gasteiger charge is 2.14. The van der Waals surface area contributed by atoms with Crippen LogP contribution in [0.4, 0.5) is 5.69 Å². The topological polar surface area (TPSA) is 136 Å². The fraction of sp³-hybridized carbons (Fsp3) is 0.273. The number of sulfonamides is 1. The summed E-state index contributed by atoms with van der Waals surface area (Å²) in [4.78, 5) is 21.8. The van der Waals surface area contributed by atoms with E-state index in [4.69, 9.17) is 15.0 Å². The van der Waals surface area contributed by atoms with Crippen LogP contribution in [-0.4, -0.2) is 44.0 Å². The molecular formula is C11H14N2O6S2. The van der Waals surface area contributed by atoms with E-state index < -0.39 is 21.9 Å². The van der Waals surface area contributed by atoms with Gasteiger partial charge in [-0.1, -0.05) is 0 Å². The lowest BCUT2D eigenvalue weighted by atomic mass is 10.3. The van der Waals surface area contributed by atoms with E-state index in [1.165, 1.54) is 25.3 Å². The van der Waals surface area contributed by atoms with Crippen LogP contribution in [0.25, 0.3) is 0 Å². The fourth-order valence-corrected chi connectivity index (χ4v) is 2.45. The molecule has 0 saturated carbocycles. The second-order valence-corrected chi connectivity index (χ2v) is 6.39. The van der Waals surface area contributed by atoms with Crippen molar-refractivity contribution >= 4 is 39.3 Å². The number of nitrogens with one attached hydrogen (secondary N) is 1. The third kappa shape index (κ3) is 5.61. The number of methoxy groups -OCH3 is 1. The number of primary sulfonamides is 1. The van der Waals surface area contributed by atoms with Gasteiger partial charge in [0.15, 0.2) is 0 Å². The largest absolute Gasteiger partial charge is 0.495 e. The normalized spacial score (nSPS) is 11.0. The van der Waals surface area contributed by atoms with Crippen LogP contribution in [0.3, 0.4) is 0 Å². The van der Waals surface area contributed by atoms with Crippen molar-refractivity contribution in [3.8, 4) is 5.75 Å². The molecule has 0 unspecified atom stereocenters. The lowest BCUT2D eigenvalue weighted by Gasteiger charge is -2.11. The number of thioether (sulfide) groups is 1. The van der Waals surface area contributed by atoms with Crippen LogP contribution in [-0.2, 0) is 19.6 Å². The lowest BCUT2D eigenvalue weighted by molar-refractivity contribution is -0.133. The van der Waals surface area contributed by atoms with E-state index in [9.17, 15) is 18.0 Å². The summed E-state index contributed by atoms with van der Waals surface area (Å²) in [5.41, 5.74) is 0.143. The Morgan fingerprint density at radius 1 is 1.38 bits per heavy atom. The minimum atomic E-state index is -3.90. The Bertz CT molecular complexity index is 644. The lowest BCUT2D eigenvalue weighted by Crippen LogP contribution is -2.17. The minimum Gasteiger partial charge on any atom is -0.495 e. The minimum absolute atomic E-state index is 0.0882. The molecule has 1 rings (SSSR count). The fourth-order valence-electron chi connectivity index (χ4n) is 1.38. The summed E-state index contributed by atoms with van der Waals surface area (Å²) in [5.74, 6) is -1.54. The third-order valence-corrected chi connectivity index (χ3v) is 4.06. The summed E-state index contributed by atoms with van der Waals surface area (Å²) in [5, 5.41) is 15.9. The Labute approximate surface area is 125 Å². The van der Waals surface area contributed by atoms with E-state index in [0.717, 1.165) is 11.8 Å². The molecule has 0 aromatic heterocycles. The quantitative estimate of drug-likeness (QED) is 0.643. The number of benzene rings is 1. The first kappa shape index (κ1) is 17.3. The zero-order chi connectivity index (χ0) is 16.0. The maximum Gasteiger partial charge on any atom is 0.313 e. The van der Waals surface area contributed by atoms with Crippen molar-refractivity contribution in [3.63, 3.8) is 0 Å².